The zero-order valence-corrected chi connectivity index (χ0v) is 10.8. The van der Waals surface area contributed by atoms with E-state index in [0.29, 0.717) is 0 Å². The van der Waals surface area contributed by atoms with Crippen molar-refractivity contribution in [2.24, 2.45) is 5.73 Å². The Bertz CT molecular complexity index is 425. The largest absolute Gasteiger partial charge is 0.419 e. The predicted octanol–water partition coefficient (Wildman–Crippen LogP) is 2.81. The standard InChI is InChI=1S/C13H18F3N3/c1-19(10-6-4-9(17)5-7-10)12-11(13(14,15)16)3-2-8-18-12/h2-3,8-10H,4-7,17H2,1H3. The Morgan fingerprint density at radius 1 is 1.26 bits per heavy atom. The molecule has 1 fully saturated rings. The highest BCUT2D eigenvalue weighted by molar-refractivity contribution is 5.48. The van der Waals surface area contributed by atoms with Gasteiger partial charge in [-0.3, -0.25) is 0 Å². The molecular weight excluding hydrogens is 255 g/mol. The maximum absolute atomic E-state index is 13.0. The number of alkyl halides is 3. The normalized spacial score (nSPS) is 24.3. The Morgan fingerprint density at radius 3 is 2.47 bits per heavy atom. The lowest BCUT2D eigenvalue weighted by molar-refractivity contribution is -0.137. The summed E-state index contributed by atoms with van der Waals surface area (Å²) in [5, 5.41) is 0. The van der Waals surface area contributed by atoms with E-state index in [-0.39, 0.29) is 17.9 Å². The molecule has 0 radical (unpaired) electrons. The molecule has 0 saturated heterocycles. The number of hydrogen-bond acceptors (Lipinski definition) is 3. The molecule has 0 bridgehead atoms. The van der Waals surface area contributed by atoms with Gasteiger partial charge in [-0.1, -0.05) is 0 Å². The molecule has 2 N–H and O–H groups in total. The Morgan fingerprint density at radius 2 is 1.89 bits per heavy atom. The summed E-state index contributed by atoms with van der Waals surface area (Å²) in [5.41, 5.74) is 5.15. The number of halogens is 3. The lowest BCUT2D eigenvalue weighted by Gasteiger charge is -2.35. The fourth-order valence-corrected chi connectivity index (χ4v) is 2.56. The van der Waals surface area contributed by atoms with Crippen molar-refractivity contribution >= 4 is 5.82 Å². The number of nitrogens with zero attached hydrogens (tertiary/aromatic N) is 2. The van der Waals surface area contributed by atoms with E-state index in [1.807, 2.05) is 0 Å². The van der Waals surface area contributed by atoms with E-state index in [0.717, 1.165) is 31.7 Å². The first-order valence-electron chi connectivity index (χ1n) is 6.40. The van der Waals surface area contributed by atoms with Gasteiger partial charge in [0.25, 0.3) is 0 Å². The minimum Gasteiger partial charge on any atom is -0.356 e. The van der Waals surface area contributed by atoms with Crippen molar-refractivity contribution in [2.45, 2.75) is 43.9 Å². The van der Waals surface area contributed by atoms with E-state index >= 15 is 0 Å². The van der Waals surface area contributed by atoms with Crippen LogP contribution in [0.5, 0.6) is 0 Å². The van der Waals surface area contributed by atoms with Crippen molar-refractivity contribution in [3.63, 3.8) is 0 Å². The van der Waals surface area contributed by atoms with Crippen LogP contribution in [0.4, 0.5) is 19.0 Å². The molecule has 0 unspecified atom stereocenters. The molecule has 0 amide bonds. The van der Waals surface area contributed by atoms with Gasteiger partial charge in [0.15, 0.2) is 0 Å². The van der Waals surface area contributed by atoms with Gasteiger partial charge in [0.2, 0.25) is 0 Å². The second-order valence-electron chi connectivity index (χ2n) is 5.05. The van der Waals surface area contributed by atoms with Crippen molar-refractivity contribution in [1.29, 1.82) is 0 Å². The summed E-state index contributed by atoms with van der Waals surface area (Å²) in [6.07, 6.45) is 0.349. The number of nitrogens with two attached hydrogens (primary N) is 1. The minimum atomic E-state index is -4.37. The van der Waals surface area contributed by atoms with Crippen LogP contribution in [0.2, 0.25) is 0 Å². The summed E-state index contributed by atoms with van der Waals surface area (Å²) in [5.74, 6) is 0.00970. The van der Waals surface area contributed by atoms with E-state index in [4.69, 9.17) is 5.73 Å². The third-order valence-electron chi connectivity index (χ3n) is 3.72. The van der Waals surface area contributed by atoms with Crippen LogP contribution >= 0.6 is 0 Å². The molecule has 106 valence electrons. The predicted molar refractivity (Wildman–Crippen MR) is 67.9 cm³/mol. The summed E-state index contributed by atoms with van der Waals surface area (Å²) in [6.45, 7) is 0. The topological polar surface area (TPSA) is 42.2 Å². The molecule has 1 aromatic rings. The molecule has 1 heterocycles. The molecule has 2 rings (SSSR count). The van der Waals surface area contributed by atoms with Gasteiger partial charge in [-0.15, -0.1) is 0 Å². The smallest absolute Gasteiger partial charge is 0.356 e. The Balaban J connectivity index is 2.22. The van der Waals surface area contributed by atoms with Crippen LogP contribution in [0.15, 0.2) is 18.3 Å². The maximum atomic E-state index is 13.0. The van der Waals surface area contributed by atoms with Crippen molar-refractivity contribution < 1.29 is 13.2 Å². The van der Waals surface area contributed by atoms with Crippen LogP contribution in [-0.4, -0.2) is 24.1 Å². The lowest BCUT2D eigenvalue weighted by atomic mass is 9.91. The summed E-state index contributed by atoms with van der Waals surface area (Å²) >= 11 is 0. The summed E-state index contributed by atoms with van der Waals surface area (Å²) in [6, 6.07) is 2.65. The molecule has 0 atom stereocenters. The van der Waals surface area contributed by atoms with Gasteiger partial charge in [0.1, 0.15) is 5.82 Å². The fraction of sp³-hybridized carbons (Fsp3) is 0.615. The van der Waals surface area contributed by atoms with Crippen LogP contribution in [0.25, 0.3) is 0 Å². The molecule has 1 aliphatic carbocycles. The van der Waals surface area contributed by atoms with E-state index in [1.165, 1.54) is 12.3 Å². The molecule has 6 heteroatoms. The number of anilines is 1. The zero-order valence-electron chi connectivity index (χ0n) is 10.8. The first kappa shape index (κ1) is 14.1. The van der Waals surface area contributed by atoms with E-state index in [9.17, 15) is 13.2 Å². The van der Waals surface area contributed by atoms with Crippen LogP contribution in [-0.2, 0) is 6.18 Å². The van der Waals surface area contributed by atoms with Crippen molar-refractivity contribution in [1.82, 2.24) is 4.98 Å². The van der Waals surface area contributed by atoms with Crippen molar-refractivity contribution in [3.8, 4) is 0 Å². The number of rotatable bonds is 2. The van der Waals surface area contributed by atoms with E-state index < -0.39 is 11.7 Å². The molecule has 3 nitrogen and oxygen atoms in total. The van der Waals surface area contributed by atoms with Gasteiger partial charge in [0.05, 0.1) is 5.56 Å². The molecule has 1 aliphatic rings. The Kier molecular flexibility index (Phi) is 3.99. The second-order valence-corrected chi connectivity index (χ2v) is 5.05. The molecule has 0 spiro atoms. The zero-order chi connectivity index (χ0) is 14.0. The van der Waals surface area contributed by atoms with Crippen LogP contribution in [0.3, 0.4) is 0 Å². The quantitative estimate of drug-likeness (QED) is 0.901. The molecule has 19 heavy (non-hydrogen) atoms. The second kappa shape index (κ2) is 5.36. The van der Waals surface area contributed by atoms with Crippen molar-refractivity contribution in [3.05, 3.63) is 23.9 Å². The minimum absolute atomic E-state index is 0.00970. The number of aromatic nitrogens is 1. The van der Waals surface area contributed by atoms with Gasteiger partial charge in [0, 0.05) is 25.3 Å². The summed E-state index contributed by atoms with van der Waals surface area (Å²) < 4.78 is 38.9. The van der Waals surface area contributed by atoms with Gasteiger partial charge >= 0.3 is 6.18 Å². The molecule has 1 saturated carbocycles. The van der Waals surface area contributed by atoms with Gasteiger partial charge in [-0.2, -0.15) is 13.2 Å². The van der Waals surface area contributed by atoms with E-state index in [2.05, 4.69) is 4.98 Å². The summed E-state index contributed by atoms with van der Waals surface area (Å²) in [4.78, 5) is 5.56. The van der Waals surface area contributed by atoms with Crippen LogP contribution < -0.4 is 10.6 Å². The van der Waals surface area contributed by atoms with Gasteiger partial charge < -0.3 is 10.6 Å². The average molecular weight is 273 g/mol. The first-order chi connectivity index (χ1) is 8.89. The number of hydrogen-bond donors (Lipinski definition) is 1. The Labute approximate surface area is 110 Å². The fourth-order valence-electron chi connectivity index (χ4n) is 2.56. The average Bonchev–Trinajstić information content (AvgIpc) is 2.38. The third kappa shape index (κ3) is 3.18. The lowest BCUT2D eigenvalue weighted by Crippen LogP contribution is -2.39. The van der Waals surface area contributed by atoms with Crippen molar-refractivity contribution in [2.75, 3.05) is 11.9 Å². The number of pyridine rings is 1. The monoisotopic (exact) mass is 273 g/mol. The van der Waals surface area contributed by atoms with Crippen LogP contribution in [0, 0.1) is 0 Å². The van der Waals surface area contributed by atoms with Gasteiger partial charge in [-0.25, -0.2) is 4.98 Å². The maximum Gasteiger partial charge on any atom is 0.419 e. The van der Waals surface area contributed by atoms with Gasteiger partial charge in [-0.05, 0) is 37.8 Å². The highest BCUT2D eigenvalue weighted by atomic mass is 19.4. The highest BCUT2D eigenvalue weighted by Crippen LogP contribution is 2.36. The molecular formula is C13H18F3N3. The van der Waals surface area contributed by atoms with E-state index in [1.54, 1.807) is 11.9 Å². The molecule has 1 aromatic heterocycles. The first-order valence-corrected chi connectivity index (χ1v) is 6.40. The summed E-state index contributed by atoms with van der Waals surface area (Å²) in [7, 11) is 1.68. The third-order valence-corrected chi connectivity index (χ3v) is 3.72. The Hall–Kier alpha value is -1.30. The SMILES string of the molecule is CN(c1ncccc1C(F)(F)F)C1CCC(N)CC1. The highest BCUT2D eigenvalue weighted by Gasteiger charge is 2.36. The van der Waals surface area contributed by atoms with Crippen LogP contribution in [0.1, 0.15) is 31.2 Å². The molecule has 0 aromatic carbocycles. The molecule has 0 aliphatic heterocycles.